The molecule has 0 aromatic heterocycles. The van der Waals surface area contributed by atoms with Crippen molar-refractivity contribution in [1.82, 2.24) is 5.32 Å². The zero-order chi connectivity index (χ0) is 33.7. The number of hydrogen-bond donors (Lipinski definition) is 2. The molecule has 1 fully saturated rings. The first-order valence-corrected chi connectivity index (χ1v) is 16.2. The number of sulfone groups is 1. The smallest absolute Gasteiger partial charge is 0.394 e. The number of carbonyl (C=O) groups is 1. The Balaban J connectivity index is 1.50. The number of amides is 1. The van der Waals surface area contributed by atoms with Gasteiger partial charge in [-0.1, -0.05) is 31.2 Å². The predicted molar refractivity (Wildman–Crippen MR) is 159 cm³/mol. The molecule has 1 aliphatic rings. The molecule has 1 aliphatic heterocycles. The van der Waals surface area contributed by atoms with E-state index in [1.807, 2.05) is 4.90 Å². The van der Waals surface area contributed by atoms with Crippen molar-refractivity contribution in [2.75, 3.05) is 37.0 Å². The van der Waals surface area contributed by atoms with Gasteiger partial charge in [-0.15, -0.1) is 0 Å². The van der Waals surface area contributed by atoms with Crippen LogP contribution in [-0.4, -0.2) is 63.8 Å². The number of benzene rings is 3. The minimum absolute atomic E-state index is 0.0724. The number of nitrogens with one attached hydrogen (secondary N) is 1. The van der Waals surface area contributed by atoms with E-state index in [-0.39, 0.29) is 28.7 Å². The third-order valence-electron chi connectivity index (χ3n) is 7.96. The lowest BCUT2D eigenvalue weighted by atomic mass is 9.86. The van der Waals surface area contributed by atoms with Crippen molar-refractivity contribution >= 4 is 21.4 Å². The van der Waals surface area contributed by atoms with Gasteiger partial charge < -0.3 is 20.1 Å². The first-order valence-electron chi connectivity index (χ1n) is 14.5. The Morgan fingerprint density at radius 1 is 0.957 bits per heavy atom. The van der Waals surface area contributed by atoms with E-state index >= 15 is 0 Å². The van der Waals surface area contributed by atoms with E-state index in [1.54, 1.807) is 12.1 Å². The van der Waals surface area contributed by atoms with Gasteiger partial charge in [-0.05, 0) is 72.5 Å². The number of nitrogens with zero attached hydrogens (tertiary/aromatic N) is 1. The lowest BCUT2D eigenvalue weighted by Gasteiger charge is -2.41. The fourth-order valence-corrected chi connectivity index (χ4v) is 6.28. The summed E-state index contributed by atoms with van der Waals surface area (Å²) in [5.74, 6) is -0.799. The molecule has 0 aliphatic carbocycles. The van der Waals surface area contributed by atoms with Crippen LogP contribution in [-0.2, 0) is 20.8 Å². The zero-order valence-electron chi connectivity index (χ0n) is 24.8. The monoisotopic (exact) mass is 672 g/mol. The Kier molecular flexibility index (Phi) is 11.1. The maximum atomic E-state index is 13.1. The molecule has 1 heterocycles. The minimum Gasteiger partial charge on any atom is -0.394 e. The number of aliphatic hydroxyl groups excluding tert-OH is 1. The Labute approximate surface area is 263 Å². The molecule has 7 nitrogen and oxygen atoms in total. The molecule has 1 unspecified atom stereocenters. The summed E-state index contributed by atoms with van der Waals surface area (Å²) in [4.78, 5) is 15.0. The summed E-state index contributed by atoms with van der Waals surface area (Å²) in [6.45, 7) is -0.272. The number of alkyl halides is 6. The largest absolute Gasteiger partial charge is 0.416 e. The highest BCUT2D eigenvalue weighted by atomic mass is 32.2. The summed E-state index contributed by atoms with van der Waals surface area (Å²) in [7, 11) is -3.42. The highest BCUT2D eigenvalue weighted by molar-refractivity contribution is 7.91. The van der Waals surface area contributed by atoms with Crippen LogP contribution in [0.25, 0.3) is 0 Å². The van der Waals surface area contributed by atoms with Gasteiger partial charge in [0, 0.05) is 23.7 Å². The van der Waals surface area contributed by atoms with E-state index in [0.29, 0.717) is 36.2 Å². The van der Waals surface area contributed by atoms with Gasteiger partial charge in [0.1, 0.15) is 6.61 Å². The highest BCUT2D eigenvalue weighted by Crippen LogP contribution is 2.36. The maximum Gasteiger partial charge on any atom is 0.416 e. The molecule has 46 heavy (non-hydrogen) atoms. The van der Waals surface area contributed by atoms with Crippen LogP contribution in [0.15, 0.2) is 77.7 Å². The SMILES string of the molecule is CCS(=O)(=O)c1ccc([C@H](CO)NC(=O)c2ccc(N3CC(c4ccc(C(F)(F)F)cc4)CC[C@H]3COCC(F)(F)F)cc2)cc1. The van der Waals surface area contributed by atoms with Gasteiger partial charge in [0.15, 0.2) is 9.84 Å². The number of hydrogen-bond acceptors (Lipinski definition) is 6. The quantitative estimate of drug-likeness (QED) is 0.233. The lowest BCUT2D eigenvalue weighted by Crippen LogP contribution is -2.45. The number of ether oxygens (including phenoxy) is 1. The number of halogens is 6. The summed E-state index contributed by atoms with van der Waals surface area (Å²) in [5.41, 5.74) is 1.20. The van der Waals surface area contributed by atoms with Crippen molar-refractivity contribution in [3.63, 3.8) is 0 Å². The van der Waals surface area contributed by atoms with Crippen LogP contribution in [0, 0.1) is 0 Å². The van der Waals surface area contributed by atoms with E-state index in [0.717, 1.165) is 12.1 Å². The van der Waals surface area contributed by atoms with Crippen LogP contribution in [0.4, 0.5) is 32.0 Å². The van der Waals surface area contributed by atoms with Crippen LogP contribution in [0.3, 0.4) is 0 Å². The number of aliphatic hydroxyl groups is 1. The molecule has 0 bridgehead atoms. The fourth-order valence-electron chi connectivity index (χ4n) is 5.40. The average molecular weight is 673 g/mol. The van der Waals surface area contributed by atoms with Crippen LogP contribution < -0.4 is 10.2 Å². The van der Waals surface area contributed by atoms with Crippen LogP contribution >= 0.6 is 0 Å². The Hall–Kier alpha value is -3.62. The van der Waals surface area contributed by atoms with Crippen molar-refractivity contribution in [3.8, 4) is 0 Å². The second kappa shape index (κ2) is 14.4. The third kappa shape index (κ3) is 9.01. The molecule has 2 N–H and O–H groups in total. The number of carbonyl (C=O) groups excluding carboxylic acids is 1. The summed E-state index contributed by atoms with van der Waals surface area (Å²) in [6.07, 6.45) is -8.04. The van der Waals surface area contributed by atoms with Gasteiger partial charge in [-0.2, -0.15) is 26.3 Å². The van der Waals surface area contributed by atoms with Crippen LogP contribution in [0.1, 0.15) is 58.8 Å². The highest BCUT2D eigenvalue weighted by Gasteiger charge is 2.34. The molecule has 14 heteroatoms. The van der Waals surface area contributed by atoms with E-state index in [1.165, 1.54) is 55.5 Å². The predicted octanol–water partition coefficient (Wildman–Crippen LogP) is 6.29. The summed E-state index contributed by atoms with van der Waals surface area (Å²) < 4.78 is 107. The van der Waals surface area contributed by atoms with Crippen molar-refractivity contribution in [1.29, 1.82) is 0 Å². The van der Waals surface area contributed by atoms with Crippen molar-refractivity contribution < 1.29 is 49.4 Å². The number of piperidine rings is 1. The van der Waals surface area contributed by atoms with Crippen LogP contribution in [0.2, 0.25) is 0 Å². The van der Waals surface area contributed by atoms with Crippen molar-refractivity contribution in [2.45, 2.75) is 55.0 Å². The standard InChI is InChI=1S/C32H34F6N2O5S/c1-2-46(43,44)28-15-8-22(9-16-28)29(18-41)39-30(42)23-5-12-26(13-6-23)40-17-24(7-14-27(40)19-45-20-31(33,34)35)21-3-10-25(11-4-21)32(36,37)38/h3-6,8-13,15-16,24,27,29,41H,2,7,14,17-20H2,1H3,(H,39,42)/t24?,27-,29-/m0/s1. The number of anilines is 1. The molecular formula is C32H34F6N2O5S. The second-order valence-corrected chi connectivity index (χ2v) is 13.3. The fraction of sp³-hybridized carbons (Fsp3) is 0.406. The van der Waals surface area contributed by atoms with Gasteiger partial charge in [0.05, 0.1) is 41.5 Å². The van der Waals surface area contributed by atoms with E-state index in [4.69, 9.17) is 4.74 Å². The summed E-state index contributed by atoms with van der Waals surface area (Å²) in [6, 6.07) is 15.7. The average Bonchev–Trinajstić information content (AvgIpc) is 3.03. The van der Waals surface area contributed by atoms with Gasteiger partial charge in [0.2, 0.25) is 0 Å². The molecule has 250 valence electrons. The van der Waals surface area contributed by atoms with Gasteiger partial charge >= 0.3 is 12.4 Å². The molecule has 3 aromatic carbocycles. The molecule has 0 saturated carbocycles. The Morgan fingerprint density at radius 3 is 2.13 bits per heavy atom. The maximum absolute atomic E-state index is 13.1. The van der Waals surface area contributed by atoms with Gasteiger partial charge in [-0.3, -0.25) is 4.79 Å². The number of rotatable bonds is 11. The molecule has 1 saturated heterocycles. The summed E-state index contributed by atoms with van der Waals surface area (Å²) >= 11 is 0. The topological polar surface area (TPSA) is 95.9 Å². The Morgan fingerprint density at radius 2 is 1.59 bits per heavy atom. The zero-order valence-corrected chi connectivity index (χ0v) is 25.6. The minimum atomic E-state index is -4.50. The van der Waals surface area contributed by atoms with Crippen LogP contribution in [0.5, 0.6) is 0 Å². The van der Waals surface area contributed by atoms with Crippen molar-refractivity contribution in [3.05, 3.63) is 95.1 Å². The molecule has 0 radical (unpaired) electrons. The first-order chi connectivity index (χ1) is 21.6. The molecular weight excluding hydrogens is 638 g/mol. The second-order valence-electron chi connectivity index (χ2n) is 11.1. The lowest BCUT2D eigenvalue weighted by molar-refractivity contribution is -0.175. The van der Waals surface area contributed by atoms with E-state index < -0.39 is 59.0 Å². The van der Waals surface area contributed by atoms with Gasteiger partial charge in [0.25, 0.3) is 5.91 Å². The van der Waals surface area contributed by atoms with Crippen molar-refractivity contribution in [2.24, 2.45) is 0 Å². The molecule has 3 aromatic rings. The molecule has 1 amide bonds. The normalized spacial score (nSPS) is 18.3. The third-order valence-corrected chi connectivity index (χ3v) is 9.71. The van der Waals surface area contributed by atoms with E-state index in [9.17, 15) is 44.7 Å². The van der Waals surface area contributed by atoms with E-state index in [2.05, 4.69) is 5.32 Å². The van der Waals surface area contributed by atoms with Gasteiger partial charge in [-0.25, -0.2) is 8.42 Å². The first kappa shape index (κ1) is 35.2. The Bertz CT molecular complexity index is 1560. The summed E-state index contributed by atoms with van der Waals surface area (Å²) in [5, 5.41) is 12.6. The molecule has 4 rings (SSSR count). The molecule has 0 spiro atoms. The molecule has 3 atom stereocenters.